The third kappa shape index (κ3) is 4.57. The minimum atomic E-state index is -3.50. The summed E-state index contributed by atoms with van der Waals surface area (Å²) < 4.78 is 28.7. The van der Waals surface area contributed by atoms with Gasteiger partial charge in [0.15, 0.2) is 0 Å². The van der Waals surface area contributed by atoms with E-state index in [9.17, 15) is 8.42 Å². The summed E-state index contributed by atoms with van der Waals surface area (Å²) in [6, 6.07) is 0. The fourth-order valence-electron chi connectivity index (χ4n) is 1.43. The summed E-state index contributed by atoms with van der Waals surface area (Å²) in [6.45, 7) is 9.85. The fraction of sp³-hybridized carbons (Fsp3) is 0.769. The summed E-state index contributed by atoms with van der Waals surface area (Å²) in [5.41, 5.74) is 5.33. The van der Waals surface area contributed by atoms with Crippen molar-refractivity contribution in [1.82, 2.24) is 14.5 Å². The third-order valence-electron chi connectivity index (χ3n) is 3.79. The van der Waals surface area contributed by atoms with Crippen LogP contribution in [0.15, 0.2) is 17.3 Å². The van der Waals surface area contributed by atoms with Gasteiger partial charge in [0.25, 0.3) is 0 Å². The van der Waals surface area contributed by atoms with E-state index in [0.29, 0.717) is 25.6 Å². The van der Waals surface area contributed by atoms with Crippen LogP contribution in [-0.4, -0.2) is 31.3 Å². The molecule has 0 saturated carbocycles. The van der Waals surface area contributed by atoms with Crippen molar-refractivity contribution in [2.75, 3.05) is 13.1 Å². The standard InChI is InChI=1S/C13H26N4O2S/c1-11(2)13(3,4)10-16-20(18,19)12-8-15-17(9-12)7-5-6-14/h8-9,11,16H,5-7,10,14H2,1-4H3. The molecule has 3 N–H and O–H groups in total. The van der Waals surface area contributed by atoms with Crippen LogP contribution >= 0.6 is 0 Å². The van der Waals surface area contributed by atoms with Crippen molar-refractivity contribution >= 4 is 10.0 Å². The number of nitrogens with two attached hydrogens (primary N) is 1. The van der Waals surface area contributed by atoms with Gasteiger partial charge in [0.05, 0.1) is 6.20 Å². The highest BCUT2D eigenvalue weighted by atomic mass is 32.2. The molecule has 0 radical (unpaired) electrons. The number of nitrogens with zero attached hydrogens (tertiary/aromatic N) is 2. The molecule has 0 unspecified atom stereocenters. The van der Waals surface area contributed by atoms with Crippen molar-refractivity contribution < 1.29 is 8.42 Å². The molecule has 0 aliphatic carbocycles. The van der Waals surface area contributed by atoms with Gasteiger partial charge in [-0.3, -0.25) is 4.68 Å². The van der Waals surface area contributed by atoms with Crippen LogP contribution in [0.1, 0.15) is 34.1 Å². The summed E-state index contributed by atoms with van der Waals surface area (Å²) >= 11 is 0. The molecule has 0 aliphatic heterocycles. The first-order valence-electron chi connectivity index (χ1n) is 6.91. The topological polar surface area (TPSA) is 90.0 Å². The highest BCUT2D eigenvalue weighted by Gasteiger charge is 2.26. The zero-order valence-electron chi connectivity index (χ0n) is 12.8. The van der Waals surface area contributed by atoms with Gasteiger partial charge in [-0.25, -0.2) is 13.1 Å². The molecule has 1 heterocycles. The predicted molar refractivity (Wildman–Crippen MR) is 79.7 cm³/mol. The van der Waals surface area contributed by atoms with Crippen molar-refractivity contribution in [2.24, 2.45) is 17.1 Å². The first-order chi connectivity index (χ1) is 9.19. The van der Waals surface area contributed by atoms with E-state index in [1.54, 1.807) is 10.9 Å². The normalized spacial score (nSPS) is 13.1. The van der Waals surface area contributed by atoms with Crippen molar-refractivity contribution in [2.45, 2.75) is 45.6 Å². The number of nitrogens with one attached hydrogen (secondary N) is 1. The maximum Gasteiger partial charge on any atom is 0.243 e. The molecular weight excluding hydrogens is 276 g/mol. The van der Waals surface area contributed by atoms with E-state index in [1.165, 1.54) is 6.20 Å². The maximum absolute atomic E-state index is 12.2. The fourth-order valence-corrected chi connectivity index (χ4v) is 2.60. The lowest BCUT2D eigenvalue weighted by Gasteiger charge is -2.29. The summed E-state index contributed by atoms with van der Waals surface area (Å²) in [4.78, 5) is 0.203. The quantitative estimate of drug-likeness (QED) is 0.755. The summed E-state index contributed by atoms with van der Waals surface area (Å²) in [6.07, 6.45) is 3.69. The number of hydrogen-bond donors (Lipinski definition) is 2. The average molecular weight is 302 g/mol. The lowest BCUT2D eigenvalue weighted by Crippen LogP contribution is -2.36. The van der Waals surface area contributed by atoms with Gasteiger partial charge in [0.2, 0.25) is 10.0 Å². The van der Waals surface area contributed by atoms with Crippen molar-refractivity contribution in [3.05, 3.63) is 12.4 Å². The van der Waals surface area contributed by atoms with Crippen LogP contribution in [0.2, 0.25) is 0 Å². The Kier molecular flexibility index (Phi) is 5.73. The first-order valence-corrected chi connectivity index (χ1v) is 8.39. The molecule has 6 nitrogen and oxygen atoms in total. The Morgan fingerprint density at radius 1 is 1.45 bits per heavy atom. The van der Waals surface area contributed by atoms with E-state index in [2.05, 4.69) is 23.7 Å². The van der Waals surface area contributed by atoms with Gasteiger partial charge in [-0.15, -0.1) is 0 Å². The molecule has 1 aromatic rings. The smallest absolute Gasteiger partial charge is 0.243 e. The Bertz CT molecular complexity index is 520. The van der Waals surface area contributed by atoms with Crippen LogP contribution in [-0.2, 0) is 16.6 Å². The molecule has 116 valence electrons. The molecule has 0 aliphatic rings. The summed E-state index contributed by atoms with van der Waals surface area (Å²) in [5, 5.41) is 4.04. The second-order valence-electron chi connectivity index (χ2n) is 6.05. The lowest BCUT2D eigenvalue weighted by atomic mass is 9.81. The van der Waals surface area contributed by atoms with Gasteiger partial charge in [-0.2, -0.15) is 5.10 Å². The second kappa shape index (κ2) is 6.69. The van der Waals surface area contributed by atoms with Crippen molar-refractivity contribution in [1.29, 1.82) is 0 Å². The Morgan fingerprint density at radius 3 is 2.65 bits per heavy atom. The molecule has 0 spiro atoms. The number of sulfonamides is 1. The monoisotopic (exact) mass is 302 g/mol. The first kappa shape index (κ1) is 17.1. The van der Waals surface area contributed by atoms with Gasteiger partial charge in [0.1, 0.15) is 4.90 Å². The van der Waals surface area contributed by atoms with E-state index in [1.807, 2.05) is 13.8 Å². The number of rotatable bonds is 8. The molecule has 7 heteroatoms. The summed E-state index contributed by atoms with van der Waals surface area (Å²) in [7, 11) is -3.50. The van der Waals surface area contributed by atoms with Gasteiger partial charge >= 0.3 is 0 Å². The molecule has 0 aromatic carbocycles. The molecular formula is C13H26N4O2S. The Morgan fingerprint density at radius 2 is 2.10 bits per heavy atom. The van der Waals surface area contributed by atoms with E-state index in [4.69, 9.17) is 5.73 Å². The SMILES string of the molecule is CC(C)C(C)(C)CNS(=O)(=O)c1cnn(CCCN)c1. The molecule has 0 amide bonds. The molecule has 0 fully saturated rings. The number of hydrogen-bond acceptors (Lipinski definition) is 4. The van der Waals surface area contributed by atoms with Crippen LogP contribution in [0.5, 0.6) is 0 Å². The predicted octanol–water partition coefficient (Wildman–Crippen LogP) is 1.19. The van der Waals surface area contributed by atoms with Gasteiger partial charge < -0.3 is 5.73 Å². The van der Waals surface area contributed by atoms with E-state index in [-0.39, 0.29) is 10.3 Å². The minimum Gasteiger partial charge on any atom is -0.330 e. The van der Waals surface area contributed by atoms with Gasteiger partial charge in [-0.1, -0.05) is 27.7 Å². The molecule has 0 atom stereocenters. The van der Waals surface area contributed by atoms with E-state index >= 15 is 0 Å². The number of aryl methyl sites for hydroxylation is 1. The maximum atomic E-state index is 12.2. The zero-order chi connectivity index (χ0) is 15.4. The van der Waals surface area contributed by atoms with Crippen LogP contribution in [0.3, 0.4) is 0 Å². The van der Waals surface area contributed by atoms with Crippen LogP contribution in [0.25, 0.3) is 0 Å². The molecule has 1 rings (SSSR count). The number of aromatic nitrogens is 2. The van der Waals surface area contributed by atoms with Gasteiger partial charge in [0, 0.05) is 19.3 Å². The summed E-state index contributed by atoms with van der Waals surface area (Å²) in [5.74, 6) is 0.387. The Hall–Kier alpha value is -0.920. The Balaban J connectivity index is 2.72. The van der Waals surface area contributed by atoms with Gasteiger partial charge in [-0.05, 0) is 24.3 Å². The van der Waals surface area contributed by atoms with E-state index < -0.39 is 10.0 Å². The van der Waals surface area contributed by atoms with Crippen LogP contribution in [0.4, 0.5) is 0 Å². The largest absolute Gasteiger partial charge is 0.330 e. The second-order valence-corrected chi connectivity index (χ2v) is 7.82. The molecule has 20 heavy (non-hydrogen) atoms. The van der Waals surface area contributed by atoms with Crippen LogP contribution < -0.4 is 10.5 Å². The minimum absolute atomic E-state index is 0.0946. The zero-order valence-corrected chi connectivity index (χ0v) is 13.6. The third-order valence-corrected chi connectivity index (χ3v) is 5.15. The highest BCUT2D eigenvalue weighted by molar-refractivity contribution is 7.89. The molecule has 0 saturated heterocycles. The highest BCUT2D eigenvalue weighted by Crippen LogP contribution is 2.25. The van der Waals surface area contributed by atoms with Crippen molar-refractivity contribution in [3.63, 3.8) is 0 Å². The Labute approximate surface area is 121 Å². The average Bonchev–Trinajstić information content (AvgIpc) is 2.83. The molecule has 1 aromatic heterocycles. The van der Waals surface area contributed by atoms with Crippen molar-refractivity contribution in [3.8, 4) is 0 Å². The lowest BCUT2D eigenvalue weighted by molar-refractivity contribution is 0.252. The van der Waals surface area contributed by atoms with Crippen LogP contribution in [0, 0.1) is 11.3 Å². The van der Waals surface area contributed by atoms with E-state index in [0.717, 1.165) is 6.42 Å². The molecule has 0 bridgehead atoms.